The first-order valence-electron chi connectivity index (χ1n) is 7.76. The maximum Gasteiger partial charge on any atom is 0.274 e. The molecule has 0 aliphatic carbocycles. The summed E-state index contributed by atoms with van der Waals surface area (Å²) in [6.45, 7) is 2.33. The molecule has 0 atom stereocenters. The second-order valence-corrected chi connectivity index (χ2v) is 6.32. The standard InChI is InChI=1S/C18H15Cl2N5O/c1-11-8-16(17(26)24-13-2-3-14(19)15(20)9-13)25-18(23-11)22-10-12-4-6-21-7-5-12/h2-9H,10H2,1H3,(H,24,26)(H,22,23,25). The highest BCUT2D eigenvalue weighted by Crippen LogP contribution is 2.25. The third kappa shape index (κ3) is 4.68. The van der Waals surface area contributed by atoms with Crippen LogP contribution in [0.1, 0.15) is 21.7 Å². The largest absolute Gasteiger partial charge is 0.350 e. The molecule has 6 nitrogen and oxygen atoms in total. The van der Waals surface area contributed by atoms with E-state index < -0.39 is 0 Å². The van der Waals surface area contributed by atoms with Gasteiger partial charge in [-0.25, -0.2) is 9.97 Å². The Kier molecular flexibility index (Phi) is 5.65. The number of benzene rings is 1. The summed E-state index contributed by atoms with van der Waals surface area (Å²) in [7, 11) is 0. The van der Waals surface area contributed by atoms with E-state index in [1.807, 2.05) is 12.1 Å². The maximum atomic E-state index is 12.5. The predicted molar refractivity (Wildman–Crippen MR) is 103 cm³/mol. The first-order chi connectivity index (χ1) is 12.5. The van der Waals surface area contributed by atoms with E-state index in [9.17, 15) is 4.79 Å². The minimum absolute atomic E-state index is 0.251. The zero-order valence-electron chi connectivity index (χ0n) is 13.8. The number of carbonyl (C=O) groups excluding carboxylic acids is 1. The maximum absolute atomic E-state index is 12.5. The van der Waals surface area contributed by atoms with Crippen molar-refractivity contribution in [3.8, 4) is 0 Å². The minimum Gasteiger partial charge on any atom is -0.350 e. The van der Waals surface area contributed by atoms with E-state index in [4.69, 9.17) is 23.2 Å². The first kappa shape index (κ1) is 18.1. The molecule has 0 unspecified atom stereocenters. The number of aromatic nitrogens is 3. The van der Waals surface area contributed by atoms with Crippen LogP contribution in [0.2, 0.25) is 10.0 Å². The molecular weight excluding hydrogens is 373 g/mol. The Hall–Kier alpha value is -2.70. The highest BCUT2D eigenvalue weighted by Gasteiger charge is 2.12. The number of carbonyl (C=O) groups is 1. The van der Waals surface area contributed by atoms with Gasteiger partial charge in [0.2, 0.25) is 5.95 Å². The summed E-state index contributed by atoms with van der Waals surface area (Å²) in [6, 6.07) is 10.3. The number of pyridine rings is 1. The molecule has 0 saturated heterocycles. The van der Waals surface area contributed by atoms with Crippen LogP contribution in [0.4, 0.5) is 11.6 Å². The summed E-state index contributed by atoms with van der Waals surface area (Å²) in [5.74, 6) is 0.0157. The van der Waals surface area contributed by atoms with E-state index in [0.717, 1.165) is 5.56 Å². The van der Waals surface area contributed by atoms with Crippen LogP contribution in [0.3, 0.4) is 0 Å². The van der Waals surface area contributed by atoms with Gasteiger partial charge in [-0.3, -0.25) is 9.78 Å². The van der Waals surface area contributed by atoms with Gasteiger partial charge in [-0.1, -0.05) is 23.2 Å². The van der Waals surface area contributed by atoms with Gasteiger partial charge < -0.3 is 10.6 Å². The van der Waals surface area contributed by atoms with Gasteiger partial charge in [-0.15, -0.1) is 0 Å². The molecule has 3 aromatic rings. The smallest absolute Gasteiger partial charge is 0.274 e. The molecule has 0 radical (unpaired) electrons. The van der Waals surface area contributed by atoms with E-state index in [1.165, 1.54) is 0 Å². The van der Waals surface area contributed by atoms with Crippen molar-refractivity contribution in [2.45, 2.75) is 13.5 Å². The summed E-state index contributed by atoms with van der Waals surface area (Å²) in [5.41, 5.74) is 2.50. The lowest BCUT2D eigenvalue weighted by molar-refractivity contribution is 0.102. The highest BCUT2D eigenvalue weighted by atomic mass is 35.5. The van der Waals surface area contributed by atoms with E-state index in [1.54, 1.807) is 43.6 Å². The van der Waals surface area contributed by atoms with E-state index >= 15 is 0 Å². The van der Waals surface area contributed by atoms with Crippen molar-refractivity contribution in [1.82, 2.24) is 15.0 Å². The van der Waals surface area contributed by atoms with Crippen LogP contribution in [0, 0.1) is 6.92 Å². The Morgan fingerprint density at radius 2 is 1.81 bits per heavy atom. The number of hydrogen-bond acceptors (Lipinski definition) is 5. The van der Waals surface area contributed by atoms with E-state index in [2.05, 4.69) is 25.6 Å². The Bertz CT molecular complexity index is 934. The van der Waals surface area contributed by atoms with Gasteiger partial charge in [0.1, 0.15) is 5.69 Å². The third-order valence-electron chi connectivity index (χ3n) is 3.46. The van der Waals surface area contributed by atoms with Crippen molar-refractivity contribution in [2.24, 2.45) is 0 Å². The molecule has 8 heteroatoms. The van der Waals surface area contributed by atoms with Crippen molar-refractivity contribution in [1.29, 1.82) is 0 Å². The van der Waals surface area contributed by atoms with Crippen molar-refractivity contribution in [3.63, 3.8) is 0 Å². The predicted octanol–water partition coefficient (Wildman–Crippen LogP) is 4.35. The lowest BCUT2D eigenvalue weighted by atomic mass is 10.2. The molecule has 0 bridgehead atoms. The fourth-order valence-corrected chi connectivity index (χ4v) is 2.51. The molecule has 0 aliphatic rings. The van der Waals surface area contributed by atoms with Crippen LogP contribution in [-0.4, -0.2) is 20.9 Å². The Morgan fingerprint density at radius 3 is 2.54 bits per heavy atom. The van der Waals surface area contributed by atoms with Crippen LogP contribution in [0.25, 0.3) is 0 Å². The van der Waals surface area contributed by atoms with Crippen molar-refractivity contribution >= 4 is 40.7 Å². The summed E-state index contributed by atoms with van der Waals surface area (Å²) in [5, 5.41) is 6.64. The van der Waals surface area contributed by atoms with Gasteiger partial charge in [0.25, 0.3) is 5.91 Å². The number of amides is 1. The molecule has 2 heterocycles. The van der Waals surface area contributed by atoms with Gasteiger partial charge in [0, 0.05) is 30.3 Å². The Balaban J connectivity index is 1.73. The summed E-state index contributed by atoms with van der Waals surface area (Å²) in [4.78, 5) is 25.0. The Morgan fingerprint density at radius 1 is 1.04 bits per heavy atom. The first-order valence-corrected chi connectivity index (χ1v) is 8.52. The molecule has 132 valence electrons. The average molecular weight is 388 g/mol. The fourth-order valence-electron chi connectivity index (χ4n) is 2.21. The number of aryl methyl sites for hydroxylation is 1. The van der Waals surface area contributed by atoms with Crippen molar-refractivity contribution < 1.29 is 4.79 Å². The van der Waals surface area contributed by atoms with Crippen LogP contribution in [0.15, 0.2) is 48.8 Å². The molecule has 0 spiro atoms. The molecular formula is C18H15Cl2N5O. The van der Waals surface area contributed by atoms with Crippen LogP contribution < -0.4 is 10.6 Å². The van der Waals surface area contributed by atoms with Gasteiger partial charge in [0.05, 0.1) is 10.0 Å². The van der Waals surface area contributed by atoms with Gasteiger partial charge in [-0.2, -0.15) is 0 Å². The van der Waals surface area contributed by atoms with Gasteiger partial charge in [0.15, 0.2) is 0 Å². The normalized spacial score (nSPS) is 10.4. The van der Waals surface area contributed by atoms with Crippen molar-refractivity contribution in [3.05, 3.63) is 75.8 Å². The molecule has 1 amide bonds. The van der Waals surface area contributed by atoms with Crippen LogP contribution in [0.5, 0.6) is 0 Å². The molecule has 0 fully saturated rings. The van der Waals surface area contributed by atoms with Gasteiger partial charge in [-0.05, 0) is 48.9 Å². The third-order valence-corrected chi connectivity index (χ3v) is 4.20. The number of nitrogens with one attached hydrogen (secondary N) is 2. The molecule has 2 N–H and O–H groups in total. The monoisotopic (exact) mass is 387 g/mol. The van der Waals surface area contributed by atoms with Crippen molar-refractivity contribution in [2.75, 3.05) is 10.6 Å². The number of rotatable bonds is 5. The van der Waals surface area contributed by atoms with Crippen LogP contribution in [-0.2, 0) is 6.54 Å². The minimum atomic E-state index is -0.360. The molecule has 1 aromatic carbocycles. The second kappa shape index (κ2) is 8.12. The topological polar surface area (TPSA) is 79.8 Å². The molecule has 3 rings (SSSR count). The highest BCUT2D eigenvalue weighted by molar-refractivity contribution is 6.42. The summed E-state index contributed by atoms with van der Waals surface area (Å²) in [6.07, 6.45) is 3.43. The average Bonchev–Trinajstić information content (AvgIpc) is 2.63. The molecule has 2 aromatic heterocycles. The van der Waals surface area contributed by atoms with Gasteiger partial charge >= 0.3 is 0 Å². The van der Waals surface area contributed by atoms with Crippen LogP contribution >= 0.6 is 23.2 Å². The van der Waals surface area contributed by atoms with E-state index in [-0.39, 0.29) is 11.6 Å². The summed E-state index contributed by atoms with van der Waals surface area (Å²) >= 11 is 11.9. The number of nitrogens with zero attached hydrogens (tertiary/aromatic N) is 3. The fraction of sp³-hybridized carbons (Fsp3) is 0.111. The lowest BCUT2D eigenvalue weighted by Crippen LogP contribution is -2.16. The lowest BCUT2D eigenvalue weighted by Gasteiger charge is -2.09. The summed E-state index contributed by atoms with van der Waals surface area (Å²) < 4.78 is 0. The molecule has 0 aliphatic heterocycles. The number of hydrogen-bond donors (Lipinski definition) is 2. The number of halogens is 2. The quantitative estimate of drug-likeness (QED) is 0.679. The second-order valence-electron chi connectivity index (χ2n) is 5.51. The zero-order valence-corrected chi connectivity index (χ0v) is 15.3. The number of anilines is 2. The SMILES string of the molecule is Cc1cc(C(=O)Nc2ccc(Cl)c(Cl)c2)nc(NCc2ccncc2)n1. The zero-order chi connectivity index (χ0) is 18.5. The van der Waals surface area contributed by atoms with E-state index in [0.29, 0.717) is 33.9 Å². The Labute approximate surface area is 160 Å². The molecule has 26 heavy (non-hydrogen) atoms. The molecule has 0 saturated carbocycles.